The van der Waals surface area contributed by atoms with E-state index < -0.39 is 0 Å². The van der Waals surface area contributed by atoms with Gasteiger partial charge in [0, 0.05) is 17.3 Å². The maximum Gasteiger partial charge on any atom is 0.322 e. The Hall–Kier alpha value is -3.35. The molecule has 3 aromatic rings. The zero-order valence-corrected chi connectivity index (χ0v) is 16.5. The second-order valence-corrected chi connectivity index (χ2v) is 6.76. The number of methoxy groups -OCH3 is 1. The molecule has 0 unspecified atom stereocenters. The monoisotopic (exact) mass is 380 g/mol. The van der Waals surface area contributed by atoms with Crippen LogP contribution in [0.5, 0.6) is 5.75 Å². The highest BCUT2D eigenvalue weighted by molar-refractivity contribution is 5.89. The van der Waals surface area contributed by atoms with E-state index in [2.05, 4.69) is 15.5 Å². The molecule has 0 radical (unpaired) electrons. The lowest BCUT2D eigenvalue weighted by Crippen LogP contribution is -2.39. The van der Waals surface area contributed by atoms with Gasteiger partial charge in [-0.25, -0.2) is 4.79 Å². The Kier molecular flexibility index (Phi) is 5.93. The first-order valence-electron chi connectivity index (χ1n) is 9.07. The van der Waals surface area contributed by atoms with Gasteiger partial charge in [-0.3, -0.25) is 0 Å². The molecule has 0 aliphatic rings. The third-order valence-corrected chi connectivity index (χ3v) is 4.28. The van der Waals surface area contributed by atoms with E-state index in [-0.39, 0.29) is 18.6 Å². The van der Waals surface area contributed by atoms with E-state index in [0.29, 0.717) is 11.7 Å². The summed E-state index contributed by atoms with van der Waals surface area (Å²) in [5.74, 6) is 1.60. The van der Waals surface area contributed by atoms with Crippen molar-refractivity contribution in [2.45, 2.75) is 33.4 Å². The number of urea groups is 1. The lowest BCUT2D eigenvalue weighted by Gasteiger charge is -2.25. The first-order valence-corrected chi connectivity index (χ1v) is 9.07. The maximum absolute atomic E-state index is 12.7. The Morgan fingerprint density at radius 1 is 1.21 bits per heavy atom. The Morgan fingerprint density at radius 2 is 1.96 bits per heavy atom. The summed E-state index contributed by atoms with van der Waals surface area (Å²) in [6, 6.07) is 14.8. The van der Waals surface area contributed by atoms with Gasteiger partial charge < -0.3 is 19.5 Å². The Morgan fingerprint density at radius 3 is 2.61 bits per heavy atom. The number of nitrogens with one attached hydrogen (secondary N) is 1. The zero-order chi connectivity index (χ0) is 20.1. The lowest BCUT2D eigenvalue weighted by molar-refractivity contribution is 0.182. The van der Waals surface area contributed by atoms with Crippen LogP contribution in [-0.4, -0.2) is 34.2 Å². The van der Waals surface area contributed by atoms with Crippen LogP contribution in [-0.2, 0) is 6.54 Å². The molecular formula is C21H24N4O3. The molecule has 0 fully saturated rings. The van der Waals surface area contributed by atoms with Gasteiger partial charge in [-0.05, 0) is 62.7 Å². The van der Waals surface area contributed by atoms with E-state index in [0.717, 1.165) is 22.6 Å². The van der Waals surface area contributed by atoms with E-state index in [1.165, 1.54) is 0 Å². The summed E-state index contributed by atoms with van der Waals surface area (Å²) in [6.07, 6.45) is 0. The fourth-order valence-corrected chi connectivity index (χ4v) is 2.73. The van der Waals surface area contributed by atoms with Crippen LogP contribution in [0.1, 0.15) is 25.3 Å². The highest BCUT2D eigenvalue weighted by atomic mass is 16.5. The summed E-state index contributed by atoms with van der Waals surface area (Å²) in [6.45, 7) is 6.08. The number of aromatic nitrogens is 2. The molecule has 1 aromatic heterocycles. The third kappa shape index (κ3) is 4.68. The van der Waals surface area contributed by atoms with E-state index >= 15 is 0 Å². The van der Waals surface area contributed by atoms with Crippen LogP contribution in [0, 0.1) is 6.92 Å². The minimum atomic E-state index is -0.218. The summed E-state index contributed by atoms with van der Waals surface area (Å²) in [5.41, 5.74) is 2.64. The standard InChI is InChI=1S/C21H24N4O3/c1-14(2)25(21(26)22-17-7-5-6-15(3)12-17)13-19-23-20(24-28-19)16-8-10-18(27-4)11-9-16/h5-12,14H,13H2,1-4H3,(H,22,26). The highest BCUT2D eigenvalue weighted by Gasteiger charge is 2.21. The van der Waals surface area contributed by atoms with Crippen molar-refractivity contribution in [3.63, 3.8) is 0 Å². The number of carbonyl (C=O) groups excluding carboxylic acids is 1. The molecule has 0 saturated heterocycles. The number of benzene rings is 2. The largest absolute Gasteiger partial charge is 0.497 e. The van der Waals surface area contributed by atoms with Crippen LogP contribution in [0.25, 0.3) is 11.4 Å². The minimum Gasteiger partial charge on any atom is -0.497 e. The number of anilines is 1. The molecule has 146 valence electrons. The molecule has 1 heterocycles. The Bertz CT molecular complexity index is 935. The van der Waals surface area contributed by atoms with Gasteiger partial charge in [-0.15, -0.1) is 0 Å². The molecule has 7 heteroatoms. The van der Waals surface area contributed by atoms with Gasteiger partial charge in [-0.1, -0.05) is 17.3 Å². The van der Waals surface area contributed by atoms with E-state index in [1.807, 2.05) is 69.3 Å². The van der Waals surface area contributed by atoms with Crippen LogP contribution >= 0.6 is 0 Å². The Balaban J connectivity index is 1.72. The molecule has 3 rings (SSSR count). The van der Waals surface area contributed by atoms with Crippen molar-refractivity contribution in [2.75, 3.05) is 12.4 Å². The molecule has 2 aromatic carbocycles. The predicted molar refractivity (Wildman–Crippen MR) is 107 cm³/mol. The van der Waals surface area contributed by atoms with Crippen LogP contribution in [0.2, 0.25) is 0 Å². The van der Waals surface area contributed by atoms with Crippen LogP contribution in [0.3, 0.4) is 0 Å². The normalized spacial score (nSPS) is 10.8. The molecule has 7 nitrogen and oxygen atoms in total. The summed E-state index contributed by atoms with van der Waals surface area (Å²) >= 11 is 0. The minimum absolute atomic E-state index is 0.0406. The van der Waals surface area contributed by atoms with E-state index in [9.17, 15) is 4.79 Å². The number of amides is 2. The summed E-state index contributed by atoms with van der Waals surface area (Å²) in [7, 11) is 1.61. The van der Waals surface area contributed by atoms with E-state index in [4.69, 9.17) is 9.26 Å². The van der Waals surface area contributed by atoms with Crippen LogP contribution in [0.4, 0.5) is 10.5 Å². The average Bonchev–Trinajstić information content (AvgIpc) is 3.14. The van der Waals surface area contributed by atoms with Crippen LogP contribution < -0.4 is 10.1 Å². The van der Waals surface area contributed by atoms with Crippen molar-refractivity contribution < 1.29 is 14.1 Å². The molecule has 0 spiro atoms. The third-order valence-electron chi connectivity index (χ3n) is 4.28. The van der Waals surface area contributed by atoms with Crippen molar-refractivity contribution in [3.8, 4) is 17.1 Å². The number of carbonyl (C=O) groups is 1. The first-order chi connectivity index (χ1) is 13.5. The second kappa shape index (κ2) is 8.56. The van der Waals surface area contributed by atoms with Crippen molar-refractivity contribution in [1.29, 1.82) is 0 Å². The number of hydrogen-bond acceptors (Lipinski definition) is 5. The summed E-state index contributed by atoms with van der Waals surface area (Å²) in [5, 5.41) is 6.94. The van der Waals surface area contributed by atoms with Gasteiger partial charge in [-0.2, -0.15) is 4.98 Å². The zero-order valence-electron chi connectivity index (χ0n) is 16.5. The fourth-order valence-electron chi connectivity index (χ4n) is 2.73. The summed E-state index contributed by atoms with van der Waals surface area (Å²) in [4.78, 5) is 18.8. The molecule has 0 aliphatic heterocycles. The average molecular weight is 380 g/mol. The molecule has 28 heavy (non-hydrogen) atoms. The van der Waals surface area contributed by atoms with Gasteiger partial charge in [0.1, 0.15) is 12.3 Å². The number of rotatable bonds is 6. The molecular weight excluding hydrogens is 356 g/mol. The van der Waals surface area contributed by atoms with Gasteiger partial charge in [0.15, 0.2) is 0 Å². The smallest absolute Gasteiger partial charge is 0.322 e. The topological polar surface area (TPSA) is 80.5 Å². The molecule has 0 atom stereocenters. The number of hydrogen-bond donors (Lipinski definition) is 1. The highest BCUT2D eigenvalue weighted by Crippen LogP contribution is 2.20. The number of ether oxygens (including phenoxy) is 1. The molecule has 0 aliphatic carbocycles. The molecule has 1 N–H and O–H groups in total. The molecule has 0 saturated carbocycles. The lowest BCUT2D eigenvalue weighted by atomic mass is 10.2. The first kappa shape index (κ1) is 19.4. The summed E-state index contributed by atoms with van der Waals surface area (Å²) < 4.78 is 10.5. The number of nitrogens with zero attached hydrogens (tertiary/aromatic N) is 3. The quantitative estimate of drug-likeness (QED) is 0.681. The van der Waals surface area contributed by atoms with Crippen molar-refractivity contribution in [3.05, 3.63) is 60.0 Å². The Labute approximate surface area is 164 Å². The maximum atomic E-state index is 12.7. The SMILES string of the molecule is COc1ccc(-c2noc(CN(C(=O)Nc3cccc(C)c3)C(C)C)n2)cc1. The second-order valence-electron chi connectivity index (χ2n) is 6.76. The van der Waals surface area contributed by atoms with Gasteiger partial charge >= 0.3 is 6.03 Å². The van der Waals surface area contributed by atoms with E-state index in [1.54, 1.807) is 12.0 Å². The molecule has 2 amide bonds. The predicted octanol–water partition coefficient (Wildman–Crippen LogP) is 4.50. The number of aryl methyl sites for hydroxylation is 1. The van der Waals surface area contributed by atoms with Crippen molar-refractivity contribution in [2.24, 2.45) is 0 Å². The van der Waals surface area contributed by atoms with Crippen molar-refractivity contribution in [1.82, 2.24) is 15.0 Å². The van der Waals surface area contributed by atoms with Gasteiger partial charge in [0.2, 0.25) is 11.7 Å². The fraction of sp³-hybridized carbons (Fsp3) is 0.286. The van der Waals surface area contributed by atoms with Crippen molar-refractivity contribution >= 4 is 11.7 Å². The molecule has 0 bridgehead atoms. The van der Waals surface area contributed by atoms with Gasteiger partial charge in [0.05, 0.1) is 7.11 Å². The van der Waals surface area contributed by atoms with Gasteiger partial charge in [0.25, 0.3) is 0 Å². The van der Waals surface area contributed by atoms with Crippen LogP contribution in [0.15, 0.2) is 53.1 Å².